The minimum atomic E-state index is -0.144. The molecule has 36 heavy (non-hydrogen) atoms. The van der Waals surface area contributed by atoms with Gasteiger partial charge in [0.2, 0.25) is 6.79 Å². The van der Waals surface area contributed by atoms with Crippen molar-refractivity contribution in [3.63, 3.8) is 0 Å². The average Bonchev–Trinajstić information content (AvgIpc) is 3.38. The largest absolute Gasteiger partial charge is 0.493 e. The predicted octanol–water partition coefficient (Wildman–Crippen LogP) is 5.81. The zero-order valence-electron chi connectivity index (χ0n) is 20.5. The van der Waals surface area contributed by atoms with E-state index in [0.717, 1.165) is 50.3 Å². The smallest absolute Gasteiger partial charge is 0.231 e. The third-order valence-electron chi connectivity index (χ3n) is 7.27. The Morgan fingerprint density at radius 1 is 1.03 bits per heavy atom. The Balaban J connectivity index is 1.64. The standard InChI is InChI=1S/C29H25N3O4/c1-16(22-11-17(14-30)9-10-31-22)27-26-19(7-8-23(33-3)29(26)34-4)20-6-5-18-12-24-25(36-15-35-24)13-21(18)28(20)32(27)2/h5-13,16,27H,15H2,1-4H3. The number of benzene rings is 3. The van der Waals surface area contributed by atoms with E-state index in [1.165, 1.54) is 0 Å². The fraction of sp³-hybridized carbons (Fsp3) is 0.241. The number of rotatable bonds is 4. The lowest BCUT2D eigenvalue weighted by molar-refractivity contribution is 0.174. The van der Waals surface area contributed by atoms with Crippen LogP contribution >= 0.6 is 0 Å². The maximum Gasteiger partial charge on any atom is 0.231 e. The number of hydrogen-bond acceptors (Lipinski definition) is 7. The molecule has 3 heterocycles. The Kier molecular flexibility index (Phi) is 5.11. The molecule has 6 rings (SSSR count). The molecule has 2 unspecified atom stereocenters. The van der Waals surface area contributed by atoms with Crippen molar-refractivity contribution in [1.29, 1.82) is 5.26 Å². The van der Waals surface area contributed by atoms with Crippen molar-refractivity contribution < 1.29 is 18.9 Å². The number of aromatic nitrogens is 1. The molecule has 180 valence electrons. The van der Waals surface area contributed by atoms with Gasteiger partial charge in [-0.3, -0.25) is 4.98 Å². The second kappa shape index (κ2) is 8.35. The molecule has 4 aromatic rings. The summed E-state index contributed by atoms with van der Waals surface area (Å²) in [5.41, 5.74) is 5.72. The summed E-state index contributed by atoms with van der Waals surface area (Å²) < 4.78 is 23.0. The maximum atomic E-state index is 9.49. The molecular weight excluding hydrogens is 454 g/mol. The van der Waals surface area contributed by atoms with Crippen molar-refractivity contribution in [3.8, 4) is 40.2 Å². The first kappa shape index (κ1) is 22.1. The van der Waals surface area contributed by atoms with Crippen LogP contribution in [0.15, 0.2) is 54.7 Å². The quantitative estimate of drug-likeness (QED) is 0.365. The van der Waals surface area contributed by atoms with Gasteiger partial charge >= 0.3 is 0 Å². The van der Waals surface area contributed by atoms with Crippen LogP contribution in [0.2, 0.25) is 0 Å². The summed E-state index contributed by atoms with van der Waals surface area (Å²) in [7, 11) is 5.42. The number of fused-ring (bicyclic) bond motifs is 6. The van der Waals surface area contributed by atoms with Crippen molar-refractivity contribution in [2.45, 2.75) is 18.9 Å². The first-order chi connectivity index (χ1) is 17.5. The molecule has 7 nitrogen and oxygen atoms in total. The summed E-state index contributed by atoms with van der Waals surface area (Å²) in [6, 6.07) is 18.1. The third kappa shape index (κ3) is 3.14. The van der Waals surface area contributed by atoms with E-state index in [9.17, 15) is 5.26 Å². The zero-order valence-corrected chi connectivity index (χ0v) is 20.5. The van der Waals surface area contributed by atoms with Crippen molar-refractivity contribution in [1.82, 2.24) is 4.98 Å². The number of likely N-dealkylation sites (N-methyl/N-ethyl adjacent to an activating group) is 1. The van der Waals surface area contributed by atoms with Crippen molar-refractivity contribution in [2.24, 2.45) is 0 Å². The fourth-order valence-electron chi connectivity index (χ4n) is 5.62. The van der Waals surface area contributed by atoms with Crippen LogP contribution in [-0.2, 0) is 0 Å². The number of nitrogens with zero attached hydrogens (tertiary/aromatic N) is 3. The number of pyridine rings is 1. The number of methoxy groups -OCH3 is 2. The molecule has 3 aromatic carbocycles. The van der Waals surface area contributed by atoms with Crippen LogP contribution in [0.3, 0.4) is 0 Å². The normalized spacial score (nSPS) is 16.2. The van der Waals surface area contributed by atoms with E-state index in [0.29, 0.717) is 17.1 Å². The molecule has 0 N–H and O–H groups in total. The molecule has 0 spiro atoms. The Morgan fingerprint density at radius 3 is 2.56 bits per heavy atom. The van der Waals surface area contributed by atoms with Crippen LogP contribution in [0.4, 0.5) is 5.69 Å². The molecule has 2 aliphatic rings. The van der Waals surface area contributed by atoms with Gasteiger partial charge in [-0.05, 0) is 47.3 Å². The second-order valence-electron chi connectivity index (χ2n) is 9.08. The summed E-state index contributed by atoms with van der Waals surface area (Å²) >= 11 is 0. The Labute approximate surface area is 209 Å². The van der Waals surface area contributed by atoms with Gasteiger partial charge in [0.1, 0.15) is 0 Å². The molecule has 0 fully saturated rings. The van der Waals surface area contributed by atoms with E-state index in [-0.39, 0.29) is 18.8 Å². The molecule has 7 heteroatoms. The second-order valence-corrected chi connectivity index (χ2v) is 9.08. The van der Waals surface area contributed by atoms with Gasteiger partial charge in [-0.1, -0.05) is 19.1 Å². The van der Waals surface area contributed by atoms with Crippen LogP contribution in [0.1, 0.15) is 35.7 Å². The molecule has 0 aliphatic carbocycles. The van der Waals surface area contributed by atoms with E-state index in [1.807, 2.05) is 18.2 Å². The molecule has 1 aromatic heterocycles. The van der Waals surface area contributed by atoms with E-state index >= 15 is 0 Å². The highest BCUT2D eigenvalue weighted by Gasteiger charge is 2.38. The van der Waals surface area contributed by atoms with Gasteiger partial charge < -0.3 is 23.8 Å². The Bertz CT molecular complexity index is 1560. The lowest BCUT2D eigenvalue weighted by Gasteiger charge is -2.42. The molecule has 2 aliphatic heterocycles. The number of ether oxygens (including phenoxy) is 4. The van der Waals surface area contributed by atoms with Crippen LogP contribution < -0.4 is 23.8 Å². The SMILES string of the molecule is COc1ccc2c(c1OC)C(C(C)c1cc(C#N)ccn1)N(C)c1c-2ccc2cc3c(cc12)OCO3. The van der Waals surface area contributed by atoms with Gasteiger partial charge in [0.25, 0.3) is 0 Å². The van der Waals surface area contributed by atoms with E-state index in [2.05, 4.69) is 54.2 Å². The lowest BCUT2D eigenvalue weighted by atomic mass is 9.80. The summed E-state index contributed by atoms with van der Waals surface area (Å²) in [5.74, 6) is 2.81. The monoisotopic (exact) mass is 479 g/mol. The van der Waals surface area contributed by atoms with Gasteiger partial charge in [-0.25, -0.2) is 0 Å². The summed E-state index contributed by atoms with van der Waals surface area (Å²) in [4.78, 5) is 6.93. The minimum absolute atomic E-state index is 0.0690. The first-order valence-electron chi connectivity index (χ1n) is 11.8. The van der Waals surface area contributed by atoms with Crippen LogP contribution in [0.5, 0.6) is 23.0 Å². The van der Waals surface area contributed by atoms with Crippen LogP contribution in [0.25, 0.3) is 21.9 Å². The van der Waals surface area contributed by atoms with Gasteiger partial charge in [-0.15, -0.1) is 0 Å². The topological polar surface area (TPSA) is 76.8 Å². The molecule has 0 saturated heterocycles. The molecule has 2 atom stereocenters. The lowest BCUT2D eigenvalue weighted by Crippen LogP contribution is -2.33. The van der Waals surface area contributed by atoms with Crippen LogP contribution in [-0.4, -0.2) is 33.0 Å². The molecule has 0 bridgehead atoms. The highest BCUT2D eigenvalue weighted by atomic mass is 16.7. The third-order valence-corrected chi connectivity index (χ3v) is 7.27. The van der Waals surface area contributed by atoms with Crippen LogP contribution in [0, 0.1) is 11.3 Å². The average molecular weight is 480 g/mol. The summed E-state index contributed by atoms with van der Waals surface area (Å²) in [6.07, 6.45) is 1.70. The van der Waals surface area contributed by atoms with Crippen molar-refractivity contribution >= 4 is 16.5 Å². The van der Waals surface area contributed by atoms with Gasteiger partial charge in [-0.2, -0.15) is 5.26 Å². The summed E-state index contributed by atoms with van der Waals surface area (Å²) in [5, 5.41) is 11.6. The number of anilines is 1. The number of hydrogen-bond donors (Lipinski definition) is 0. The highest BCUT2D eigenvalue weighted by molar-refractivity contribution is 6.05. The molecule has 0 saturated carbocycles. The van der Waals surface area contributed by atoms with Crippen molar-refractivity contribution in [2.75, 3.05) is 33.0 Å². The minimum Gasteiger partial charge on any atom is -0.493 e. The molecule has 0 radical (unpaired) electrons. The van der Waals surface area contributed by atoms with E-state index in [4.69, 9.17) is 18.9 Å². The van der Waals surface area contributed by atoms with E-state index in [1.54, 1.807) is 26.5 Å². The van der Waals surface area contributed by atoms with E-state index < -0.39 is 0 Å². The Morgan fingerprint density at radius 2 is 1.81 bits per heavy atom. The van der Waals surface area contributed by atoms with Gasteiger partial charge in [0, 0.05) is 41.4 Å². The maximum absolute atomic E-state index is 9.49. The zero-order chi connectivity index (χ0) is 25.0. The Hall–Kier alpha value is -4.44. The first-order valence-corrected chi connectivity index (χ1v) is 11.8. The molecule has 0 amide bonds. The fourth-order valence-corrected chi connectivity index (χ4v) is 5.62. The molecular formula is C29H25N3O4. The highest BCUT2D eigenvalue weighted by Crippen LogP contribution is 2.56. The van der Waals surface area contributed by atoms with Gasteiger partial charge in [0.05, 0.1) is 37.6 Å². The van der Waals surface area contributed by atoms with Gasteiger partial charge in [0.15, 0.2) is 23.0 Å². The summed E-state index contributed by atoms with van der Waals surface area (Å²) in [6.45, 7) is 2.36. The van der Waals surface area contributed by atoms with Crippen molar-refractivity contribution in [3.05, 3.63) is 71.5 Å². The predicted molar refractivity (Wildman–Crippen MR) is 137 cm³/mol. The number of nitriles is 1.